The van der Waals surface area contributed by atoms with E-state index in [-0.39, 0.29) is 5.97 Å². The Morgan fingerprint density at radius 2 is 1.81 bits per heavy atom. The number of benzene rings is 2. The molecule has 0 saturated carbocycles. The van der Waals surface area contributed by atoms with Gasteiger partial charge in [0.1, 0.15) is 0 Å². The van der Waals surface area contributed by atoms with Crippen molar-refractivity contribution in [1.82, 2.24) is 4.57 Å². The number of rotatable bonds is 4. The summed E-state index contributed by atoms with van der Waals surface area (Å²) in [6, 6.07) is 15.3. The maximum atomic E-state index is 11.9. The molecule has 27 heavy (non-hydrogen) atoms. The van der Waals surface area contributed by atoms with E-state index in [0.717, 1.165) is 33.9 Å². The summed E-state index contributed by atoms with van der Waals surface area (Å²) in [5, 5.41) is 0.712. The molecule has 138 valence electrons. The van der Waals surface area contributed by atoms with Gasteiger partial charge >= 0.3 is 5.97 Å². The summed E-state index contributed by atoms with van der Waals surface area (Å²) < 4.78 is 6.99. The van der Waals surface area contributed by atoms with Gasteiger partial charge < -0.3 is 9.30 Å². The molecule has 0 aliphatic heterocycles. The first-order chi connectivity index (χ1) is 12.9. The highest BCUT2D eigenvalue weighted by Gasteiger charge is 2.12. The van der Waals surface area contributed by atoms with Gasteiger partial charge in [-0.05, 0) is 68.8 Å². The topological polar surface area (TPSA) is 43.6 Å². The van der Waals surface area contributed by atoms with Crippen molar-refractivity contribution in [3.8, 4) is 5.69 Å². The third-order valence-electron chi connectivity index (χ3n) is 4.61. The molecule has 0 unspecified atom stereocenters. The zero-order valence-electron chi connectivity index (χ0n) is 15.8. The van der Waals surface area contributed by atoms with Crippen molar-refractivity contribution >= 4 is 29.5 Å². The predicted molar refractivity (Wildman–Crippen MR) is 110 cm³/mol. The van der Waals surface area contributed by atoms with Gasteiger partial charge in [-0.2, -0.15) is 0 Å². The molecule has 0 amide bonds. The first kappa shape index (κ1) is 18.9. The summed E-state index contributed by atoms with van der Waals surface area (Å²) in [6.07, 6.45) is 1.83. The minimum Gasteiger partial charge on any atom is -0.465 e. The van der Waals surface area contributed by atoms with Gasteiger partial charge in [0.25, 0.3) is 0 Å². The van der Waals surface area contributed by atoms with Gasteiger partial charge in [0, 0.05) is 33.9 Å². The molecule has 5 heteroatoms. The Hall–Kier alpha value is -2.85. The SMILES string of the molecule is COC(=O)c1cccc(N=Cc2cc(C)n(-c3ccc(Cl)cc3)c2C)c1C. The van der Waals surface area contributed by atoms with Gasteiger partial charge in [0.15, 0.2) is 0 Å². The molecular weight excluding hydrogens is 360 g/mol. The highest BCUT2D eigenvalue weighted by molar-refractivity contribution is 6.30. The number of carbonyl (C=O) groups is 1. The van der Waals surface area contributed by atoms with Crippen molar-refractivity contribution in [1.29, 1.82) is 0 Å². The Bertz CT molecular complexity index is 1020. The van der Waals surface area contributed by atoms with Crippen LogP contribution in [0.4, 0.5) is 5.69 Å². The van der Waals surface area contributed by atoms with E-state index in [1.54, 1.807) is 6.07 Å². The average Bonchev–Trinajstić information content (AvgIpc) is 2.94. The van der Waals surface area contributed by atoms with E-state index in [2.05, 4.69) is 29.5 Å². The Kier molecular flexibility index (Phi) is 5.47. The lowest BCUT2D eigenvalue weighted by atomic mass is 10.1. The number of ether oxygens (including phenoxy) is 1. The summed E-state index contributed by atoms with van der Waals surface area (Å²) in [6.45, 7) is 5.98. The van der Waals surface area contributed by atoms with Gasteiger partial charge in [-0.1, -0.05) is 17.7 Å². The minimum atomic E-state index is -0.356. The molecule has 0 radical (unpaired) electrons. The van der Waals surface area contributed by atoms with Crippen LogP contribution in [0, 0.1) is 20.8 Å². The first-order valence-electron chi connectivity index (χ1n) is 8.59. The van der Waals surface area contributed by atoms with Crippen LogP contribution in [0.25, 0.3) is 5.69 Å². The number of methoxy groups -OCH3 is 1. The largest absolute Gasteiger partial charge is 0.465 e. The van der Waals surface area contributed by atoms with Crippen LogP contribution in [0.3, 0.4) is 0 Å². The average molecular weight is 381 g/mol. The molecule has 1 heterocycles. The number of halogens is 1. The molecule has 0 atom stereocenters. The molecular formula is C22H21ClN2O2. The second-order valence-corrected chi connectivity index (χ2v) is 6.77. The molecule has 0 aliphatic carbocycles. The Morgan fingerprint density at radius 1 is 1.11 bits per heavy atom. The number of aromatic nitrogens is 1. The van der Waals surface area contributed by atoms with Crippen molar-refractivity contribution in [3.05, 3.63) is 81.6 Å². The molecule has 0 saturated heterocycles. The Balaban J connectivity index is 1.97. The fraction of sp³-hybridized carbons (Fsp3) is 0.182. The van der Waals surface area contributed by atoms with Crippen LogP contribution in [0.2, 0.25) is 5.02 Å². The van der Waals surface area contributed by atoms with Crippen LogP contribution in [-0.4, -0.2) is 23.9 Å². The third-order valence-corrected chi connectivity index (χ3v) is 4.86. The molecule has 4 nitrogen and oxygen atoms in total. The van der Waals surface area contributed by atoms with Crippen molar-refractivity contribution < 1.29 is 9.53 Å². The fourth-order valence-electron chi connectivity index (χ4n) is 3.14. The number of carbonyl (C=O) groups excluding carboxylic acids is 1. The van der Waals surface area contributed by atoms with E-state index in [1.165, 1.54) is 7.11 Å². The predicted octanol–water partition coefficient (Wildman–Crippen LogP) is 5.59. The summed E-state index contributed by atoms with van der Waals surface area (Å²) in [7, 11) is 1.38. The van der Waals surface area contributed by atoms with Gasteiger partial charge in [-0.25, -0.2) is 4.79 Å². The van der Waals surface area contributed by atoms with Crippen LogP contribution in [0.5, 0.6) is 0 Å². The molecule has 1 aromatic heterocycles. The van der Waals surface area contributed by atoms with E-state index < -0.39 is 0 Å². The van der Waals surface area contributed by atoms with Crippen molar-refractivity contribution in [3.63, 3.8) is 0 Å². The lowest BCUT2D eigenvalue weighted by Gasteiger charge is -2.09. The van der Waals surface area contributed by atoms with E-state index in [9.17, 15) is 4.79 Å². The lowest BCUT2D eigenvalue weighted by Crippen LogP contribution is -2.03. The third kappa shape index (κ3) is 3.81. The number of nitrogens with zero attached hydrogens (tertiary/aromatic N) is 2. The standard InChI is InChI=1S/C22H21ClN2O2/c1-14-12-17(16(3)25(14)19-10-8-18(23)9-11-19)13-24-21-7-5-6-20(15(21)2)22(26)27-4/h5-13H,1-4H3. The second-order valence-electron chi connectivity index (χ2n) is 6.34. The summed E-state index contributed by atoms with van der Waals surface area (Å²) in [5.41, 5.74) is 6.33. The van der Waals surface area contributed by atoms with Crippen molar-refractivity contribution in [2.75, 3.05) is 7.11 Å². The monoisotopic (exact) mass is 380 g/mol. The molecule has 3 aromatic rings. The normalized spacial score (nSPS) is 11.1. The molecule has 0 spiro atoms. The molecule has 2 aromatic carbocycles. The van der Waals surface area contributed by atoms with Crippen molar-refractivity contribution in [2.24, 2.45) is 4.99 Å². The maximum Gasteiger partial charge on any atom is 0.338 e. The summed E-state index contributed by atoms with van der Waals surface area (Å²) in [4.78, 5) is 16.5. The number of hydrogen-bond donors (Lipinski definition) is 0. The number of aliphatic imine (C=N–C) groups is 1. The molecule has 3 rings (SSSR count). The minimum absolute atomic E-state index is 0.356. The van der Waals surface area contributed by atoms with Crippen LogP contribution in [0.1, 0.15) is 32.9 Å². The first-order valence-corrected chi connectivity index (χ1v) is 8.97. The van der Waals surface area contributed by atoms with E-state index >= 15 is 0 Å². The zero-order chi connectivity index (χ0) is 19.6. The number of hydrogen-bond acceptors (Lipinski definition) is 3. The van der Waals surface area contributed by atoms with Crippen molar-refractivity contribution in [2.45, 2.75) is 20.8 Å². The summed E-state index contributed by atoms with van der Waals surface area (Å²) >= 11 is 6.00. The molecule has 0 fully saturated rings. The maximum absolute atomic E-state index is 11.9. The van der Waals surface area contributed by atoms with Gasteiger partial charge in [-0.3, -0.25) is 4.99 Å². The number of aryl methyl sites for hydroxylation is 1. The van der Waals surface area contributed by atoms with E-state index in [1.807, 2.05) is 49.5 Å². The van der Waals surface area contributed by atoms with Crippen LogP contribution >= 0.6 is 11.6 Å². The zero-order valence-corrected chi connectivity index (χ0v) is 16.5. The van der Waals surface area contributed by atoms with Gasteiger partial charge in [0.05, 0.1) is 18.4 Å². The molecule has 0 bridgehead atoms. The highest BCUT2D eigenvalue weighted by atomic mass is 35.5. The second kappa shape index (κ2) is 7.80. The van der Waals surface area contributed by atoms with Gasteiger partial charge in [0.2, 0.25) is 0 Å². The smallest absolute Gasteiger partial charge is 0.338 e. The Morgan fingerprint density at radius 3 is 2.48 bits per heavy atom. The van der Waals surface area contributed by atoms with Crippen LogP contribution < -0.4 is 0 Å². The van der Waals surface area contributed by atoms with E-state index in [4.69, 9.17) is 16.3 Å². The van der Waals surface area contributed by atoms with Crippen LogP contribution in [-0.2, 0) is 4.74 Å². The summed E-state index contributed by atoms with van der Waals surface area (Å²) in [5.74, 6) is -0.356. The van der Waals surface area contributed by atoms with E-state index in [0.29, 0.717) is 10.6 Å². The quantitative estimate of drug-likeness (QED) is 0.437. The lowest BCUT2D eigenvalue weighted by molar-refractivity contribution is 0.0600. The highest BCUT2D eigenvalue weighted by Crippen LogP contribution is 2.25. The number of esters is 1. The Labute approximate surface area is 164 Å². The molecule has 0 aliphatic rings. The van der Waals surface area contributed by atoms with Gasteiger partial charge in [-0.15, -0.1) is 0 Å². The fourth-order valence-corrected chi connectivity index (χ4v) is 3.27. The van der Waals surface area contributed by atoms with Crippen LogP contribution in [0.15, 0.2) is 53.5 Å². The molecule has 0 N–H and O–H groups in total.